The zero-order valence-corrected chi connectivity index (χ0v) is 15.2. The second kappa shape index (κ2) is 7.76. The molecule has 0 amide bonds. The van der Waals surface area contributed by atoms with Crippen LogP contribution in [-0.2, 0) is 0 Å². The Morgan fingerprint density at radius 1 is 1.35 bits per heavy atom. The van der Waals surface area contributed by atoms with E-state index in [4.69, 9.17) is 11.4 Å². The Morgan fingerprint density at radius 2 is 2.12 bits per heavy atom. The number of nitrogens with zero attached hydrogens (tertiary/aromatic N) is 2. The topological polar surface area (TPSA) is 27.6 Å². The maximum Gasteiger partial charge on any atom is 0.113 e. The Morgan fingerprint density at radius 3 is 2.77 bits per heavy atom. The molecule has 1 aliphatic carbocycles. The average molecular weight is 341 g/mol. The fourth-order valence-electron chi connectivity index (χ4n) is 2.92. The highest BCUT2D eigenvalue weighted by atomic mass is 15.5. The molecule has 1 N–H and O–H groups in total. The van der Waals surface area contributed by atoms with Crippen LogP contribution in [0.25, 0.3) is 5.57 Å². The lowest BCUT2D eigenvalue weighted by Crippen LogP contribution is -2.37. The van der Waals surface area contributed by atoms with Gasteiger partial charge in [-0.1, -0.05) is 54.5 Å². The molecule has 0 spiro atoms. The fraction of sp³-hybridized carbons (Fsp3) is 0.174. The molecular weight excluding hydrogens is 318 g/mol. The Bertz CT molecular complexity index is 886. The zero-order chi connectivity index (χ0) is 18.5. The van der Waals surface area contributed by atoms with Crippen LogP contribution in [0.4, 0.5) is 0 Å². The van der Waals surface area contributed by atoms with Crippen LogP contribution in [0.3, 0.4) is 0 Å². The molecule has 1 atom stereocenters. The third kappa shape index (κ3) is 4.04. The first kappa shape index (κ1) is 17.6. The fourth-order valence-corrected chi connectivity index (χ4v) is 2.92. The van der Waals surface area contributed by atoms with Crippen molar-refractivity contribution >= 4 is 11.4 Å². The van der Waals surface area contributed by atoms with Crippen molar-refractivity contribution in [2.24, 2.45) is 4.99 Å². The van der Waals surface area contributed by atoms with E-state index in [0.29, 0.717) is 0 Å². The summed E-state index contributed by atoms with van der Waals surface area (Å²) < 4.78 is 0. The molecule has 1 unspecified atom stereocenters. The van der Waals surface area contributed by atoms with Gasteiger partial charge in [-0.3, -0.25) is 15.4 Å². The van der Waals surface area contributed by atoms with Crippen LogP contribution in [0.15, 0.2) is 83.7 Å². The highest BCUT2D eigenvalue weighted by molar-refractivity contribution is 5.83. The maximum atomic E-state index is 5.43. The van der Waals surface area contributed by atoms with Gasteiger partial charge in [-0.25, -0.2) is 0 Å². The van der Waals surface area contributed by atoms with Crippen molar-refractivity contribution in [3.05, 3.63) is 89.8 Å². The molecule has 0 saturated carbocycles. The van der Waals surface area contributed by atoms with Crippen molar-refractivity contribution in [2.45, 2.75) is 26.3 Å². The summed E-state index contributed by atoms with van der Waals surface area (Å²) in [7, 11) is 0. The summed E-state index contributed by atoms with van der Waals surface area (Å²) in [5.74, 6) is 3.49. The Kier molecular flexibility index (Phi) is 5.24. The summed E-state index contributed by atoms with van der Waals surface area (Å²) in [6.07, 6.45) is 18.8. The van der Waals surface area contributed by atoms with E-state index in [1.54, 1.807) is 0 Å². The molecule has 0 saturated heterocycles. The number of nitrogens with one attached hydrogen (secondary N) is 1. The second-order valence-electron chi connectivity index (χ2n) is 6.40. The van der Waals surface area contributed by atoms with E-state index >= 15 is 0 Å². The van der Waals surface area contributed by atoms with Gasteiger partial charge in [0.05, 0.1) is 11.7 Å². The van der Waals surface area contributed by atoms with Crippen molar-refractivity contribution in [1.82, 2.24) is 10.4 Å². The average Bonchev–Trinajstić information content (AvgIpc) is 2.65. The molecule has 2 aliphatic rings. The van der Waals surface area contributed by atoms with E-state index in [1.807, 2.05) is 48.5 Å². The van der Waals surface area contributed by atoms with Gasteiger partial charge in [0, 0.05) is 17.3 Å². The summed E-state index contributed by atoms with van der Waals surface area (Å²) >= 11 is 0. The lowest BCUT2D eigenvalue weighted by atomic mass is 10.00. The number of amidine groups is 1. The van der Waals surface area contributed by atoms with Crippen LogP contribution in [0.5, 0.6) is 0 Å². The maximum absolute atomic E-state index is 5.43. The number of hydrogen-bond donors (Lipinski definition) is 1. The van der Waals surface area contributed by atoms with Gasteiger partial charge in [-0.05, 0) is 44.0 Å². The smallest absolute Gasteiger partial charge is 0.113 e. The first-order chi connectivity index (χ1) is 12.6. The minimum atomic E-state index is 0.180. The molecule has 1 heterocycles. The minimum absolute atomic E-state index is 0.180. The quantitative estimate of drug-likeness (QED) is 0.495. The highest BCUT2D eigenvalue weighted by Gasteiger charge is 2.15. The predicted molar refractivity (Wildman–Crippen MR) is 110 cm³/mol. The van der Waals surface area contributed by atoms with Gasteiger partial charge in [-0.15, -0.1) is 6.42 Å². The van der Waals surface area contributed by atoms with Crippen LogP contribution in [0.1, 0.15) is 31.4 Å². The van der Waals surface area contributed by atoms with E-state index in [0.717, 1.165) is 34.7 Å². The van der Waals surface area contributed by atoms with Crippen LogP contribution in [0, 0.1) is 12.3 Å². The van der Waals surface area contributed by atoms with E-state index in [-0.39, 0.29) is 6.04 Å². The molecular formula is C23H23N3. The lowest BCUT2D eigenvalue weighted by Gasteiger charge is -2.28. The van der Waals surface area contributed by atoms with Gasteiger partial charge in [0.15, 0.2) is 0 Å². The highest BCUT2D eigenvalue weighted by Crippen LogP contribution is 2.27. The molecule has 3 nitrogen and oxygen atoms in total. The molecule has 3 heteroatoms. The zero-order valence-electron chi connectivity index (χ0n) is 15.2. The molecule has 3 rings (SSSR count). The summed E-state index contributed by atoms with van der Waals surface area (Å²) in [5, 5.41) is 1.90. The third-order valence-electron chi connectivity index (χ3n) is 4.37. The molecule has 1 aromatic carbocycles. The molecule has 0 aromatic heterocycles. The number of hydrazine groups is 1. The SMILES string of the molecule is C#Cc1ccc(C2=CC=CN(NC(C)=NC3C=CC(C)=CC3)C2=C)cc1. The molecule has 0 radical (unpaired) electrons. The van der Waals surface area contributed by atoms with Gasteiger partial charge in [-0.2, -0.15) is 0 Å². The minimum Gasteiger partial charge on any atom is -0.282 e. The monoisotopic (exact) mass is 341 g/mol. The Labute approximate surface area is 155 Å². The molecule has 0 fully saturated rings. The largest absolute Gasteiger partial charge is 0.282 e. The predicted octanol–water partition coefficient (Wildman–Crippen LogP) is 4.59. The van der Waals surface area contributed by atoms with Crippen molar-refractivity contribution in [3.63, 3.8) is 0 Å². The summed E-state index contributed by atoms with van der Waals surface area (Å²) in [6.45, 7) is 8.31. The van der Waals surface area contributed by atoms with Gasteiger partial charge in [0.1, 0.15) is 5.84 Å². The molecule has 1 aliphatic heterocycles. The normalized spacial score (nSPS) is 19.7. The Hall–Kier alpha value is -3.25. The van der Waals surface area contributed by atoms with Crippen molar-refractivity contribution in [1.29, 1.82) is 0 Å². The lowest BCUT2D eigenvalue weighted by molar-refractivity contribution is 0.430. The standard InChI is InChI=1S/C23H23N3/c1-5-20-10-12-21(13-11-20)23-7-6-16-26(18(23)3)25-19(4)24-22-14-8-17(2)9-15-22/h1,6-14,16,22H,3,15H2,2,4H3,(H,24,25). The van der Waals surface area contributed by atoms with Gasteiger partial charge < -0.3 is 0 Å². The van der Waals surface area contributed by atoms with Gasteiger partial charge in [0.2, 0.25) is 0 Å². The third-order valence-corrected chi connectivity index (χ3v) is 4.37. The number of hydrogen-bond acceptors (Lipinski definition) is 2. The molecule has 0 bridgehead atoms. The summed E-state index contributed by atoms with van der Waals surface area (Å²) in [6, 6.07) is 8.10. The van der Waals surface area contributed by atoms with E-state index in [9.17, 15) is 0 Å². The molecule has 130 valence electrons. The van der Waals surface area contributed by atoms with Crippen molar-refractivity contribution in [3.8, 4) is 12.3 Å². The van der Waals surface area contributed by atoms with Gasteiger partial charge >= 0.3 is 0 Å². The first-order valence-electron chi connectivity index (χ1n) is 8.67. The molecule has 26 heavy (non-hydrogen) atoms. The number of allylic oxidation sites excluding steroid dienone is 5. The summed E-state index contributed by atoms with van der Waals surface area (Å²) in [5.41, 5.74) is 8.47. The van der Waals surface area contributed by atoms with Crippen molar-refractivity contribution < 1.29 is 0 Å². The number of rotatable bonds is 3. The van der Waals surface area contributed by atoms with E-state index < -0.39 is 0 Å². The van der Waals surface area contributed by atoms with Crippen LogP contribution >= 0.6 is 0 Å². The van der Waals surface area contributed by atoms with E-state index in [1.165, 1.54) is 5.57 Å². The van der Waals surface area contributed by atoms with Crippen LogP contribution in [0.2, 0.25) is 0 Å². The molecule has 1 aromatic rings. The first-order valence-corrected chi connectivity index (χ1v) is 8.67. The van der Waals surface area contributed by atoms with Crippen LogP contribution in [-0.4, -0.2) is 16.9 Å². The second-order valence-corrected chi connectivity index (χ2v) is 6.40. The number of terminal acetylenes is 1. The number of aliphatic imine (C=N–C) groups is 1. The number of benzene rings is 1. The van der Waals surface area contributed by atoms with Crippen LogP contribution < -0.4 is 5.43 Å². The summed E-state index contributed by atoms with van der Waals surface area (Å²) in [4.78, 5) is 4.74. The Balaban J connectivity index is 1.69. The van der Waals surface area contributed by atoms with E-state index in [2.05, 4.69) is 49.2 Å². The van der Waals surface area contributed by atoms with Gasteiger partial charge in [0.25, 0.3) is 0 Å². The van der Waals surface area contributed by atoms with Crippen molar-refractivity contribution in [2.75, 3.05) is 0 Å².